The summed E-state index contributed by atoms with van der Waals surface area (Å²) in [6, 6.07) is 2.67. The van der Waals surface area contributed by atoms with Crippen molar-refractivity contribution < 1.29 is 23.1 Å². The summed E-state index contributed by atoms with van der Waals surface area (Å²) in [6.07, 6.45) is -0.399. The molecule has 0 bridgehead atoms. The third kappa shape index (κ3) is 2.83. The predicted octanol–water partition coefficient (Wildman–Crippen LogP) is 3.37. The van der Waals surface area contributed by atoms with E-state index in [0.29, 0.717) is 12.0 Å². The fraction of sp³-hybridized carbons (Fsp3) is 0.462. The Morgan fingerprint density at radius 2 is 2.11 bits per heavy atom. The maximum absolute atomic E-state index is 13.2. The number of carboxylic acid groups (broad SMARTS) is 1. The summed E-state index contributed by atoms with van der Waals surface area (Å²) in [5, 5.41) is 9.12. The first kappa shape index (κ1) is 13.7. The Morgan fingerprint density at radius 1 is 1.37 bits per heavy atom. The minimum atomic E-state index is -1.13. The second-order valence-electron chi connectivity index (χ2n) is 4.71. The molecule has 0 spiro atoms. The molecular formula is C13H14F3NO2. The monoisotopic (exact) mass is 273 g/mol. The van der Waals surface area contributed by atoms with E-state index in [1.54, 1.807) is 0 Å². The van der Waals surface area contributed by atoms with Crippen LogP contribution in [0.15, 0.2) is 18.2 Å². The quantitative estimate of drug-likeness (QED) is 0.897. The molecule has 0 saturated carbocycles. The van der Waals surface area contributed by atoms with E-state index in [1.165, 1.54) is 6.07 Å². The number of hydrogen-bond acceptors (Lipinski definition) is 1. The van der Waals surface area contributed by atoms with Gasteiger partial charge in [0.05, 0.1) is 12.7 Å². The van der Waals surface area contributed by atoms with Gasteiger partial charge in [-0.2, -0.15) is 0 Å². The molecule has 19 heavy (non-hydrogen) atoms. The molecule has 0 aromatic heterocycles. The summed E-state index contributed by atoms with van der Waals surface area (Å²) in [5.74, 6) is -2.25. The van der Waals surface area contributed by atoms with Gasteiger partial charge < -0.3 is 10.0 Å². The molecule has 1 aromatic rings. The van der Waals surface area contributed by atoms with E-state index in [2.05, 4.69) is 0 Å². The van der Waals surface area contributed by atoms with Crippen molar-refractivity contribution in [2.75, 3.05) is 13.2 Å². The lowest BCUT2D eigenvalue weighted by Crippen LogP contribution is -2.40. The van der Waals surface area contributed by atoms with Gasteiger partial charge in [0, 0.05) is 6.54 Å². The Bertz CT molecular complexity index is 481. The number of likely N-dealkylation sites (tertiary alicyclic amines) is 1. The zero-order valence-corrected chi connectivity index (χ0v) is 10.2. The van der Waals surface area contributed by atoms with Crippen molar-refractivity contribution in [3.05, 3.63) is 35.4 Å². The van der Waals surface area contributed by atoms with Gasteiger partial charge in [-0.3, -0.25) is 4.39 Å². The van der Waals surface area contributed by atoms with Crippen molar-refractivity contribution in [3.8, 4) is 0 Å². The molecule has 3 nitrogen and oxygen atoms in total. The Labute approximate surface area is 108 Å². The summed E-state index contributed by atoms with van der Waals surface area (Å²) in [6.45, 7) is -0.332. The van der Waals surface area contributed by atoms with Gasteiger partial charge in [0.15, 0.2) is 11.6 Å². The summed E-state index contributed by atoms with van der Waals surface area (Å²) >= 11 is 0. The number of rotatable bonds is 2. The summed E-state index contributed by atoms with van der Waals surface area (Å²) in [4.78, 5) is 12.3. The average Bonchev–Trinajstić information content (AvgIpc) is 2.41. The van der Waals surface area contributed by atoms with Crippen LogP contribution in [-0.4, -0.2) is 29.3 Å². The highest BCUT2D eigenvalue weighted by Gasteiger charge is 2.32. The maximum Gasteiger partial charge on any atom is 0.407 e. The molecule has 1 N–H and O–H groups in total. The van der Waals surface area contributed by atoms with Crippen LogP contribution in [0.1, 0.15) is 24.4 Å². The molecule has 1 aliphatic heterocycles. The van der Waals surface area contributed by atoms with Crippen molar-refractivity contribution in [2.45, 2.75) is 18.9 Å². The highest BCUT2D eigenvalue weighted by molar-refractivity contribution is 5.66. The molecule has 1 aliphatic rings. The van der Waals surface area contributed by atoms with Crippen LogP contribution in [-0.2, 0) is 0 Å². The topological polar surface area (TPSA) is 40.5 Å². The van der Waals surface area contributed by atoms with Crippen LogP contribution < -0.4 is 0 Å². The molecule has 2 rings (SSSR count). The van der Waals surface area contributed by atoms with Gasteiger partial charge in [-0.1, -0.05) is 6.07 Å². The van der Waals surface area contributed by atoms with Crippen molar-refractivity contribution in [1.82, 2.24) is 4.90 Å². The van der Waals surface area contributed by atoms with E-state index < -0.39 is 30.4 Å². The van der Waals surface area contributed by atoms with Crippen LogP contribution in [0.5, 0.6) is 0 Å². The molecule has 0 radical (unpaired) electrons. The average molecular weight is 273 g/mol. The molecule has 0 unspecified atom stereocenters. The third-order valence-corrected chi connectivity index (χ3v) is 3.50. The predicted molar refractivity (Wildman–Crippen MR) is 62.5 cm³/mol. The summed E-state index contributed by atoms with van der Waals surface area (Å²) in [5.41, 5.74) is 0.361. The maximum atomic E-state index is 13.2. The second-order valence-corrected chi connectivity index (χ2v) is 4.71. The van der Waals surface area contributed by atoms with E-state index in [4.69, 9.17) is 5.11 Å². The molecule has 2 atom stereocenters. The van der Waals surface area contributed by atoms with Gasteiger partial charge in [0.2, 0.25) is 0 Å². The summed E-state index contributed by atoms with van der Waals surface area (Å²) < 4.78 is 38.9. The van der Waals surface area contributed by atoms with Crippen molar-refractivity contribution in [3.63, 3.8) is 0 Å². The normalized spacial score (nSPS) is 23.4. The number of carbonyl (C=O) groups is 1. The van der Waals surface area contributed by atoms with E-state index in [-0.39, 0.29) is 18.9 Å². The Morgan fingerprint density at radius 3 is 2.68 bits per heavy atom. The number of hydrogen-bond donors (Lipinski definition) is 1. The van der Waals surface area contributed by atoms with Crippen molar-refractivity contribution in [2.24, 2.45) is 5.92 Å². The van der Waals surface area contributed by atoms with Crippen LogP contribution in [0.2, 0.25) is 0 Å². The molecular weight excluding hydrogens is 259 g/mol. The highest BCUT2D eigenvalue weighted by atomic mass is 19.2. The van der Waals surface area contributed by atoms with Crippen LogP contribution in [0, 0.1) is 17.6 Å². The van der Waals surface area contributed by atoms with E-state index >= 15 is 0 Å². The Balaban J connectivity index is 2.30. The highest BCUT2D eigenvalue weighted by Crippen LogP contribution is 2.34. The lowest BCUT2D eigenvalue weighted by Gasteiger charge is -2.37. The van der Waals surface area contributed by atoms with Gasteiger partial charge in [0.1, 0.15) is 0 Å². The number of nitrogens with zero attached hydrogens (tertiary/aromatic N) is 1. The minimum Gasteiger partial charge on any atom is -0.465 e. The lowest BCUT2D eigenvalue weighted by molar-refractivity contribution is 0.0832. The lowest BCUT2D eigenvalue weighted by atomic mass is 9.88. The van der Waals surface area contributed by atoms with E-state index in [9.17, 15) is 18.0 Å². The molecule has 1 aromatic carbocycles. The molecule has 1 amide bonds. The molecule has 1 fully saturated rings. The third-order valence-electron chi connectivity index (χ3n) is 3.50. The number of piperidine rings is 1. The van der Waals surface area contributed by atoms with Crippen LogP contribution in [0.3, 0.4) is 0 Å². The van der Waals surface area contributed by atoms with Crippen LogP contribution in [0.25, 0.3) is 0 Å². The van der Waals surface area contributed by atoms with Gasteiger partial charge in [-0.15, -0.1) is 0 Å². The van der Waals surface area contributed by atoms with Crippen LogP contribution >= 0.6 is 0 Å². The van der Waals surface area contributed by atoms with Crippen molar-refractivity contribution in [1.29, 1.82) is 0 Å². The van der Waals surface area contributed by atoms with E-state index in [1.807, 2.05) is 0 Å². The molecule has 0 aliphatic carbocycles. The van der Waals surface area contributed by atoms with Gasteiger partial charge in [-0.05, 0) is 36.5 Å². The van der Waals surface area contributed by atoms with Crippen molar-refractivity contribution >= 4 is 6.09 Å². The minimum absolute atomic E-state index is 0.202. The fourth-order valence-electron chi connectivity index (χ4n) is 2.44. The number of alkyl halides is 1. The first-order valence-electron chi connectivity index (χ1n) is 6.03. The molecule has 6 heteroatoms. The Kier molecular flexibility index (Phi) is 3.97. The number of halogens is 3. The first-order chi connectivity index (χ1) is 9.02. The van der Waals surface area contributed by atoms with E-state index in [0.717, 1.165) is 17.0 Å². The molecule has 104 valence electrons. The summed E-state index contributed by atoms with van der Waals surface area (Å²) in [7, 11) is 0. The van der Waals surface area contributed by atoms with Gasteiger partial charge in [-0.25, -0.2) is 13.6 Å². The zero-order chi connectivity index (χ0) is 14.0. The molecule has 1 heterocycles. The number of benzene rings is 1. The first-order valence-corrected chi connectivity index (χ1v) is 6.03. The smallest absolute Gasteiger partial charge is 0.407 e. The second kappa shape index (κ2) is 5.50. The fourth-order valence-corrected chi connectivity index (χ4v) is 2.44. The van der Waals surface area contributed by atoms with Crippen LogP contribution in [0.4, 0.5) is 18.0 Å². The SMILES string of the molecule is O=C(O)N1CC[C@H](CF)C[C@@H]1c1ccc(F)c(F)c1. The zero-order valence-electron chi connectivity index (χ0n) is 10.2. The Hall–Kier alpha value is -1.72. The van der Waals surface area contributed by atoms with Gasteiger partial charge >= 0.3 is 6.09 Å². The number of amides is 1. The molecule has 1 saturated heterocycles. The standard InChI is InChI=1S/C13H14F3NO2/c14-7-8-3-4-17(13(18)19)12(5-8)9-1-2-10(15)11(16)6-9/h1-2,6,8,12H,3-5,7H2,(H,18,19)/t8-,12+/m0/s1. The van der Waals surface area contributed by atoms with Gasteiger partial charge in [0.25, 0.3) is 0 Å². The largest absolute Gasteiger partial charge is 0.465 e.